The number of hydrogen-bond donors (Lipinski definition) is 1. The van der Waals surface area contributed by atoms with Gasteiger partial charge in [-0.15, -0.1) is 10.2 Å². The molecule has 0 atom stereocenters. The molecule has 100 valence electrons. The Balaban J connectivity index is 1.80. The van der Waals surface area contributed by atoms with Gasteiger partial charge in [0.2, 0.25) is 5.82 Å². The van der Waals surface area contributed by atoms with Crippen LogP contribution in [-0.2, 0) is 6.54 Å². The molecule has 7 nitrogen and oxygen atoms in total. The van der Waals surface area contributed by atoms with Gasteiger partial charge in [-0.25, -0.2) is 9.97 Å². The maximum absolute atomic E-state index is 4.22. The Hall–Kier alpha value is -2.83. The number of aromatic amines is 1. The maximum Gasteiger partial charge on any atom is 0.204 e. The van der Waals surface area contributed by atoms with E-state index in [1.807, 2.05) is 31.3 Å². The summed E-state index contributed by atoms with van der Waals surface area (Å²) in [6.07, 6.45) is 3.27. The van der Waals surface area contributed by atoms with Gasteiger partial charge in [0, 0.05) is 25.4 Å². The van der Waals surface area contributed by atoms with Crippen molar-refractivity contribution in [2.45, 2.75) is 6.54 Å². The monoisotopic (exact) mass is 267 g/mol. The second-order valence-corrected chi connectivity index (χ2v) is 4.36. The third kappa shape index (κ3) is 2.61. The van der Waals surface area contributed by atoms with Crippen molar-refractivity contribution >= 4 is 5.82 Å². The van der Waals surface area contributed by atoms with E-state index in [0.29, 0.717) is 5.82 Å². The highest BCUT2D eigenvalue weighted by Crippen LogP contribution is 2.17. The normalized spacial score (nSPS) is 10.4. The SMILES string of the molecule is CN(Cc1cccc(-c2nn[nH]n2)c1)c1ccncn1. The second-order valence-electron chi connectivity index (χ2n) is 4.36. The molecule has 0 amide bonds. The average Bonchev–Trinajstić information content (AvgIpc) is 3.03. The molecule has 2 aromatic heterocycles. The molecule has 0 aliphatic rings. The number of aromatic nitrogens is 6. The van der Waals surface area contributed by atoms with Crippen molar-refractivity contribution in [3.8, 4) is 11.4 Å². The van der Waals surface area contributed by atoms with Crippen LogP contribution in [0.4, 0.5) is 5.82 Å². The van der Waals surface area contributed by atoms with E-state index < -0.39 is 0 Å². The van der Waals surface area contributed by atoms with Gasteiger partial charge in [-0.05, 0) is 22.9 Å². The molecule has 0 bridgehead atoms. The van der Waals surface area contributed by atoms with Gasteiger partial charge in [0.25, 0.3) is 0 Å². The lowest BCUT2D eigenvalue weighted by molar-refractivity contribution is 0.881. The Morgan fingerprint density at radius 1 is 1.25 bits per heavy atom. The predicted molar refractivity (Wildman–Crippen MR) is 73.8 cm³/mol. The number of anilines is 1. The summed E-state index contributed by atoms with van der Waals surface area (Å²) in [5.74, 6) is 1.47. The van der Waals surface area contributed by atoms with Gasteiger partial charge in [0.1, 0.15) is 12.1 Å². The zero-order chi connectivity index (χ0) is 13.8. The molecule has 0 radical (unpaired) electrons. The van der Waals surface area contributed by atoms with Crippen LogP contribution in [0.2, 0.25) is 0 Å². The Kier molecular flexibility index (Phi) is 3.32. The lowest BCUT2D eigenvalue weighted by Crippen LogP contribution is -2.17. The van der Waals surface area contributed by atoms with Gasteiger partial charge in [-0.2, -0.15) is 5.21 Å². The Morgan fingerprint density at radius 3 is 2.95 bits per heavy atom. The lowest BCUT2D eigenvalue weighted by Gasteiger charge is -2.17. The molecule has 3 aromatic rings. The third-order valence-electron chi connectivity index (χ3n) is 2.91. The van der Waals surface area contributed by atoms with Crippen molar-refractivity contribution < 1.29 is 0 Å². The van der Waals surface area contributed by atoms with Gasteiger partial charge in [-0.1, -0.05) is 18.2 Å². The average molecular weight is 267 g/mol. The van der Waals surface area contributed by atoms with Crippen molar-refractivity contribution in [2.24, 2.45) is 0 Å². The fourth-order valence-corrected chi connectivity index (χ4v) is 1.96. The highest BCUT2D eigenvalue weighted by molar-refractivity contribution is 5.55. The van der Waals surface area contributed by atoms with Gasteiger partial charge in [-0.3, -0.25) is 0 Å². The first kappa shape index (κ1) is 12.2. The van der Waals surface area contributed by atoms with Crippen LogP contribution in [-0.4, -0.2) is 37.6 Å². The molecular weight excluding hydrogens is 254 g/mol. The quantitative estimate of drug-likeness (QED) is 0.767. The molecule has 1 aromatic carbocycles. The molecule has 0 saturated heterocycles. The Labute approximate surface area is 115 Å². The molecular formula is C13H13N7. The minimum absolute atomic E-state index is 0.594. The largest absolute Gasteiger partial charge is 0.355 e. The fourth-order valence-electron chi connectivity index (χ4n) is 1.96. The topological polar surface area (TPSA) is 83.5 Å². The van der Waals surface area contributed by atoms with Crippen LogP contribution in [0.15, 0.2) is 42.9 Å². The van der Waals surface area contributed by atoms with Crippen molar-refractivity contribution in [2.75, 3.05) is 11.9 Å². The minimum atomic E-state index is 0.594. The minimum Gasteiger partial charge on any atom is -0.355 e. The molecule has 0 aliphatic heterocycles. The van der Waals surface area contributed by atoms with E-state index in [4.69, 9.17) is 0 Å². The van der Waals surface area contributed by atoms with E-state index >= 15 is 0 Å². The fraction of sp³-hybridized carbons (Fsp3) is 0.154. The van der Waals surface area contributed by atoms with Crippen LogP contribution in [0.1, 0.15) is 5.56 Å². The first-order chi connectivity index (χ1) is 9.83. The summed E-state index contributed by atoms with van der Waals surface area (Å²) in [5, 5.41) is 14.0. The summed E-state index contributed by atoms with van der Waals surface area (Å²) < 4.78 is 0. The van der Waals surface area contributed by atoms with Crippen LogP contribution in [0, 0.1) is 0 Å². The first-order valence-electron chi connectivity index (χ1n) is 6.13. The van der Waals surface area contributed by atoms with Crippen molar-refractivity contribution in [1.82, 2.24) is 30.6 Å². The van der Waals surface area contributed by atoms with Crippen molar-refractivity contribution in [1.29, 1.82) is 0 Å². The number of hydrogen-bond acceptors (Lipinski definition) is 6. The molecule has 0 saturated carbocycles. The number of nitrogens with zero attached hydrogens (tertiary/aromatic N) is 6. The zero-order valence-corrected chi connectivity index (χ0v) is 10.9. The summed E-state index contributed by atoms with van der Waals surface area (Å²) in [6, 6.07) is 9.92. The summed E-state index contributed by atoms with van der Waals surface area (Å²) >= 11 is 0. The highest BCUT2D eigenvalue weighted by Gasteiger charge is 2.06. The van der Waals surface area contributed by atoms with Gasteiger partial charge < -0.3 is 4.90 Å². The number of rotatable bonds is 4. The van der Waals surface area contributed by atoms with Crippen molar-refractivity contribution in [3.63, 3.8) is 0 Å². The molecule has 0 spiro atoms. The smallest absolute Gasteiger partial charge is 0.204 e. The number of nitrogens with one attached hydrogen (secondary N) is 1. The number of H-pyrrole nitrogens is 1. The van der Waals surface area contributed by atoms with Gasteiger partial charge >= 0.3 is 0 Å². The molecule has 3 rings (SSSR count). The molecule has 1 N–H and O–H groups in total. The number of tetrazole rings is 1. The molecule has 0 aliphatic carbocycles. The second kappa shape index (κ2) is 5.43. The summed E-state index contributed by atoms with van der Waals surface area (Å²) in [4.78, 5) is 10.2. The van der Waals surface area contributed by atoms with E-state index in [1.165, 1.54) is 0 Å². The molecule has 7 heteroatoms. The lowest BCUT2D eigenvalue weighted by atomic mass is 10.1. The van der Waals surface area contributed by atoms with E-state index in [0.717, 1.165) is 23.5 Å². The van der Waals surface area contributed by atoms with E-state index in [-0.39, 0.29) is 0 Å². The summed E-state index contributed by atoms with van der Waals surface area (Å²) in [5.41, 5.74) is 2.08. The number of benzene rings is 1. The Bertz CT molecular complexity index is 666. The van der Waals surface area contributed by atoms with Gasteiger partial charge in [0.05, 0.1) is 0 Å². The van der Waals surface area contributed by atoms with Crippen LogP contribution in [0.25, 0.3) is 11.4 Å². The Morgan fingerprint density at radius 2 is 2.20 bits per heavy atom. The summed E-state index contributed by atoms with van der Waals surface area (Å²) in [6.45, 7) is 0.739. The molecule has 0 fully saturated rings. The van der Waals surface area contributed by atoms with Crippen LogP contribution in [0.3, 0.4) is 0 Å². The molecule has 20 heavy (non-hydrogen) atoms. The molecule has 2 heterocycles. The zero-order valence-electron chi connectivity index (χ0n) is 10.9. The van der Waals surface area contributed by atoms with Gasteiger partial charge in [0.15, 0.2) is 0 Å². The molecule has 0 unspecified atom stereocenters. The van der Waals surface area contributed by atoms with Crippen molar-refractivity contribution in [3.05, 3.63) is 48.4 Å². The third-order valence-corrected chi connectivity index (χ3v) is 2.91. The summed E-state index contributed by atoms with van der Waals surface area (Å²) in [7, 11) is 1.99. The standard InChI is InChI=1S/C13H13N7/c1-20(12-5-6-14-9-15-12)8-10-3-2-4-11(7-10)13-16-18-19-17-13/h2-7,9H,8H2,1H3,(H,16,17,18,19). The van der Waals surface area contributed by atoms with Crippen LogP contribution < -0.4 is 4.90 Å². The highest BCUT2D eigenvalue weighted by atomic mass is 15.5. The maximum atomic E-state index is 4.22. The van der Waals surface area contributed by atoms with E-state index in [2.05, 4.69) is 41.6 Å². The van der Waals surface area contributed by atoms with Crippen LogP contribution in [0.5, 0.6) is 0 Å². The van der Waals surface area contributed by atoms with E-state index in [9.17, 15) is 0 Å². The predicted octanol–water partition coefficient (Wildman–Crippen LogP) is 1.29. The first-order valence-corrected chi connectivity index (χ1v) is 6.13. The van der Waals surface area contributed by atoms with E-state index in [1.54, 1.807) is 12.5 Å². The van der Waals surface area contributed by atoms with Crippen LogP contribution >= 0.6 is 0 Å².